The van der Waals surface area contributed by atoms with Crippen molar-refractivity contribution in [2.45, 2.75) is 19.8 Å². The Kier molecular flexibility index (Phi) is 3.68. The van der Waals surface area contributed by atoms with E-state index in [4.69, 9.17) is 5.73 Å². The van der Waals surface area contributed by atoms with E-state index in [-0.39, 0.29) is 0 Å². The van der Waals surface area contributed by atoms with Crippen molar-refractivity contribution < 1.29 is 0 Å². The Morgan fingerprint density at radius 2 is 2.00 bits per heavy atom. The Labute approximate surface area is 123 Å². The van der Waals surface area contributed by atoms with Crippen LogP contribution >= 0.6 is 0 Å². The van der Waals surface area contributed by atoms with Gasteiger partial charge in [-0.1, -0.05) is 31.5 Å². The number of unbranched alkanes of at least 4 members (excludes halogenated alkanes) is 1. The van der Waals surface area contributed by atoms with Gasteiger partial charge in [0.2, 0.25) is 11.6 Å². The van der Waals surface area contributed by atoms with Crippen molar-refractivity contribution in [2.24, 2.45) is 0 Å². The third-order valence-electron chi connectivity index (χ3n) is 3.39. The van der Waals surface area contributed by atoms with Crippen LogP contribution in [0.1, 0.15) is 19.8 Å². The Balaban J connectivity index is 2.10. The summed E-state index contributed by atoms with van der Waals surface area (Å²) < 4.78 is 1.75. The predicted molar refractivity (Wildman–Crippen MR) is 83.6 cm³/mol. The van der Waals surface area contributed by atoms with E-state index < -0.39 is 0 Å². The lowest BCUT2D eigenvalue weighted by atomic mass is 10.2. The molecule has 2 heterocycles. The molecule has 0 bridgehead atoms. The van der Waals surface area contributed by atoms with Gasteiger partial charge in [-0.2, -0.15) is 0 Å². The first-order valence-corrected chi connectivity index (χ1v) is 7.09. The van der Waals surface area contributed by atoms with Crippen LogP contribution < -0.4 is 10.6 Å². The Morgan fingerprint density at radius 1 is 1.19 bits per heavy atom. The van der Waals surface area contributed by atoms with Gasteiger partial charge in [0.05, 0.1) is 0 Å². The summed E-state index contributed by atoms with van der Waals surface area (Å²) in [7, 11) is 0. The van der Waals surface area contributed by atoms with Crippen LogP contribution in [0.15, 0.2) is 42.7 Å². The third kappa shape index (κ3) is 2.52. The smallest absolute Gasteiger partial charge is 0.226 e. The molecule has 6 heteroatoms. The van der Waals surface area contributed by atoms with Crippen molar-refractivity contribution in [3.05, 3.63) is 42.7 Å². The fourth-order valence-corrected chi connectivity index (χ4v) is 2.30. The second-order valence-electron chi connectivity index (χ2n) is 4.84. The van der Waals surface area contributed by atoms with Crippen molar-refractivity contribution in [1.29, 1.82) is 0 Å². The highest BCUT2D eigenvalue weighted by atomic mass is 15.3. The highest BCUT2D eigenvalue weighted by Crippen LogP contribution is 2.27. The molecule has 0 aliphatic heterocycles. The molecule has 1 aromatic carbocycles. The van der Waals surface area contributed by atoms with Crippen LogP contribution in [0.2, 0.25) is 0 Å². The van der Waals surface area contributed by atoms with Gasteiger partial charge in [0.25, 0.3) is 0 Å². The quantitative estimate of drug-likeness (QED) is 0.779. The second-order valence-corrected chi connectivity index (χ2v) is 4.84. The van der Waals surface area contributed by atoms with Gasteiger partial charge in [0.15, 0.2) is 5.82 Å². The highest BCUT2D eigenvalue weighted by molar-refractivity contribution is 5.72. The fourth-order valence-electron chi connectivity index (χ4n) is 2.30. The number of nitrogen functional groups attached to an aromatic ring is 1. The molecule has 0 amide bonds. The molecule has 0 aliphatic rings. The van der Waals surface area contributed by atoms with Crippen LogP contribution in [0.25, 0.3) is 5.65 Å². The van der Waals surface area contributed by atoms with E-state index >= 15 is 0 Å². The predicted octanol–water partition coefficient (Wildman–Crippen LogP) is 2.64. The van der Waals surface area contributed by atoms with E-state index in [1.165, 1.54) is 0 Å². The summed E-state index contributed by atoms with van der Waals surface area (Å²) in [5.41, 5.74) is 7.59. The van der Waals surface area contributed by atoms with Crippen molar-refractivity contribution in [1.82, 2.24) is 19.6 Å². The molecule has 0 unspecified atom stereocenters. The molecular weight excluding hydrogens is 264 g/mol. The van der Waals surface area contributed by atoms with Crippen LogP contribution in [0.5, 0.6) is 0 Å². The number of anilines is 3. The van der Waals surface area contributed by atoms with E-state index in [2.05, 4.69) is 39.1 Å². The molecule has 6 nitrogen and oxygen atoms in total. The van der Waals surface area contributed by atoms with Crippen LogP contribution in [0, 0.1) is 0 Å². The highest BCUT2D eigenvalue weighted by Gasteiger charge is 2.16. The molecule has 0 aliphatic carbocycles. The molecule has 2 N–H and O–H groups in total. The number of rotatable bonds is 5. The summed E-state index contributed by atoms with van der Waals surface area (Å²) in [4.78, 5) is 6.66. The lowest BCUT2D eigenvalue weighted by Crippen LogP contribution is -2.20. The molecule has 0 fully saturated rings. The van der Waals surface area contributed by atoms with Crippen molar-refractivity contribution in [3.63, 3.8) is 0 Å². The molecule has 3 rings (SSSR count). The largest absolute Gasteiger partial charge is 0.368 e. The average molecular weight is 282 g/mol. The van der Waals surface area contributed by atoms with E-state index in [1.807, 2.05) is 18.2 Å². The number of nitrogens with zero attached hydrogens (tertiary/aromatic N) is 5. The Hall–Kier alpha value is -2.63. The zero-order valence-corrected chi connectivity index (χ0v) is 12.0. The van der Waals surface area contributed by atoms with Crippen LogP contribution in [-0.4, -0.2) is 26.1 Å². The van der Waals surface area contributed by atoms with Gasteiger partial charge in [0, 0.05) is 24.6 Å². The number of hydrogen-bond acceptors (Lipinski definition) is 5. The van der Waals surface area contributed by atoms with E-state index in [0.29, 0.717) is 11.6 Å². The average Bonchev–Trinajstić information content (AvgIpc) is 2.91. The molecule has 0 spiro atoms. The molecule has 0 radical (unpaired) electrons. The number of nitrogens with two attached hydrogens (primary N) is 1. The first kappa shape index (κ1) is 13.4. The summed E-state index contributed by atoms with van der Waals surface area (Å²) in [6.07, 6.45) is 5.68. The summed E-state index contributed by atoms with van der Waals surface area (Å²) in [6, 6.07) is 10.2. The van der Waals surface area contributed by atoms with Crippen LogP contribution in [0.4, 0.5) is 17.5 Å². The number of aromatic nitrogens is 4. The minimum atomic E-state index is 0.372. The van der Waals surface area contributed by atoms with E-state index in [9.17, 15) is 0 Å². The summed E-state index contributed by atoms with van der Waals surface area (Å²) in [5, 5.41) is 8.09. The Morgan fingerprint density at radius 3 is 2.76 bits per heavy atom. The topological polar surface area (TPSA) is 72.3 Å². The molecule has 0 saturated carbocycles. The van der Waals surface area contributed by atoms with E-state index in [1.54, 1.807) is 16.8 Å². The maximum Gasteiger partial charge on any atom is 0.226 e. The maximum absolute atomic E-state index is 5.83. The maximum atomic E-state index is 5.83. The SMILES string of the molecule is CCCCN(c1ccccc1)c1nccn2c(N)nnc12. The number of para-hydroxylation sites is 1. The third-order valence-corrected chi connectivity index (χ3v) is 3.39. The molecule has 0 atom stereocenters. The van der Waals surface area contributed by atoms with Gasteiger partial charge in [-0.15, -0.1) is 10.2 Å². The lowest BCUT2D eigenvalue weighted by molar-refractivity contribution is 0.779. The van der Waals surface area contributed by atoms with Gasteiger partial charge >= 0.3 is 0 Å². The minimum Gasteiger partial charge on any atom is -0.368 e. The Bertz CT molecular complexity index is 721. The van der Waals surface area contributed by atoms with Gasteiger partial charge < -0.3 is 10.6 Å². The zero-order chi connectivity index (χ0) is 14.7. The normalized spacial score (nSPS) is 10.9. The standard InChI is InChI=1S/C15H18N6/c1-2-3-10-20(12-7-5-4-6-8-12)13-14-18-19-15(16)21(14)11-9-17-13/h4-9,11H,2-3,10H2,1H3,(H2,16,19). The molecule has 3 aromatic rings. The second kappa shape index (κ2) is 5.78. The number of hydrogen-bond donors (Lipinski definition) is 1. The van der Waals surface area contributed by atoms with Gasteiger partial charge in [-0.25, -0.2) is 4.98 Å². The molecule has 108 valence electrons. The van der Waals surface area contributed by atoms with Gasteiger partial charge in [-0.05, 0) is 18.6 Å². The molecule has 2 aromatic heterocycles. The number of benzene rings is 1. The van der Waals surface area contributed by atoms with Crippen molar-refractivity contribution in [3.8, 4) is 0 Å². The van der Waals surface area contributed by atoms with Crippen LogP contribution in [0.3, 0.4) is 0 Å². The molecular formula is C15H18N6. The van der Waals surface area contributed by atoms with Crippen molar-refractivity contribution in [2.75, 3.05) is 17.2 Å². The van der Waals surface area contributed by atoms with Crippen molar-refractivity contribution >= 4 is 23.1 Å². The van der Waals surface area contributed by atoms with Crippen LogP contribution in [-0.2, 0) is 0 Å². The fraction of sp³-hybridized carbons (Fsp3) is 0.267. The zero-order valence-electron chi connectivity index (χ0n) is 12.0. The summed E-state index contributed by atoms with van der Waals surface area (Å²) in [6.45, 7) is 3.05. The summed E-state index contributed by atoms with van der Waals surface area (Å²) >= 11 is 0. The van der Waals surface area contributed by atoms with Gasteiger partial charge in [-0.3, -0.25) is 4.40 Å². The van der Waals surface area contributed by atoms with Gasteiger partial charge in [0.1, 0.15) is 0 Å². The first-order valence-electron chi connectivity index (χ1n) is 7.09. The lowest BCUT2D eigenvalue weighted by Gasteiger charge is -2.23. The molecule has 21 heavy (non-hydrogen) atoms. The first-order chi connectivity index (χ1) is 10.3. The van der Waals surface area contributed by atoms with E-state index in [0.717, 1.165) is 30.9 Å². The summed E-state index contributed by atoms with van der Waals surface area (Å²) in [5.74, 6) is 1.15. The minimum absolute atomic E-state index is 0.372. The number of fused-ring (bicyclic) bond motifs is 1. The molecule has 0 saturated heterocycles. The monoisotopic (exact) mass is 282 g/mol.